The Bertz CT molecular complexity index is 822. The Morgan fingerprint density at radius 3 is 2.37 bits per heavy atom. The first kappa shape index (κ1) is 17.8. The number of aryl methyl sites for hydroxylation is 1. The van der Waals surface area contributed by atoms with Crippen LogP contribution in [0.2, 0.25) is 5.28 Å². The Morgan fingerprint density at radius 2 is 1.70 bits per heavy atom. The van der Waals surface area contributed by atoms with Gasteiger partial charge in [-0.15, -0.1) is 0 Å². The quantitative estimate of drug-likeness (QED) is 0.513. The van der Waals surface area contributed by atoms with E-state index in [1.807, 2.05) is 37.8 Å². The number of hydrogen-bond donors (Lipinski definition) is 0. The lowest BCUT2D eigenvalue weighted by atomic mass is 10.1. The van der Waals surface area contributed by atoms with Crippen LogP contribution in [0.5, 0.6) is 0 Å². The Hall–Kier alpha value is -2.57. The van der Waals surface area contributed by atoms with Crippen molar-refractivity contribution in [2.24, 2.45) is 0 Å². The average molecular weight is 382 g/mol. The van der Waals surface area contributed by atoms with Crippen molar-refractivity contribution < 1.29 is 4.57 Å². The summed E-state index contributed by atoms with van der Waals surface area (Å²) in [4.78, 5) is 17.5. The van der Waals surface area contributed by atoms with E-state index in [2.05, 4.69) is 59.7 Å². The van der Waals surface area contributed by atoms with Crippen LogP contribution in [0, 0.1) is 6.92 Å². The Labute approximate surface area is 164 Å². The minimum atomic E-state index is 0.145. The number of aromatic nitrogens is 4. The van der Waals surface area contributed by atoms with Crippen molar-refractivity contribution in [1.82, 2.24) is 19.9 Å². The van der Waals surface area contributed by atoms with Gasteiger partial charge in [0.2, 0.25) is 11.4 Å². The first-order valence-electron chi connectivity index (χ1n) is 9.06. The van der Waals surface area contributed by atoms with E-state index in [-0.39, 0.29) is 6.17 Å². The molecule has 1 aliphatic rings. The topological polar surface area (TPSA) is 49.0 Å². The lowest BCUT2D eigenvalue weighted by Crippen LogP contribution is -2.56. The third kappa shape index (κ3) is 4.07. The summed E-state index contributed by atoms with van der Waals surface area (Å²) in [5.41, 5.74) is 2.16. The molecule has 0 amide bonds. The molecule has 0 spiro atoms. The number of nitrogens with zero attached hydrogens (tertiary/aromatic N) is 6. The first-order chi connectivity index (χ1) is 13.2. The molecule has 138 valence electrons. The second-order valence-corrected chi connectivity index (χ2v) is 6.97. The van der Waals surface area contributed by atoms with Crippen LogP contribution in [-0.2, 0) is 0 Å². The predicted molar refractivity (Wildman–Crippen MR) is 105 cm³/mol. The summed E-state index contributed by atoms with van der Waals surface area (Å²) in [5, 5.41) is 0.307. The average Bonchev–Trinajstić information content (AvgIpc) is 2.70. The molecule has 3 aromatic rings. The normalized spacial score (nSPS) is 16.3. The molecule has 1 aromatic carbocycles. The fourth-order valence-corrected chi connectivity index (χ4v) is 3.78. The number of piperazine rings is 1. The molecule has 1 atom stereocenters. The zero-order valence-electron chi connectivity index (χ0n) is 15.2. The molecule has 3 heterocycles. The number of anilines is 1. The monoisotopic (exact) mass is 381 g/mol. The molecular formula is C20H22ClN6+. The molecule has 1 aliphatic heterocycles. The summed E-state index contributed by atoms with van der Waals surface area (Å²) >= 11 is 6.04. The van der Waals surface area contributed by atoms with Gasteiger partial charge in [0.05, 0.1) is 12.4 Å². The molecular weight excluding hydrogens is 360 g/mol. The SMILES string of the molecule is Cc1cc(N2CCN(C(c3ccccc3)[n+]3ccncc3)CC2)nc(Cl)n1. The van der Waals surface area contributed by atoms with E-state index in [1.54, 1.807) is 0 Å². The van der Waals surface area contributed by atoms with Crippen molar-refractivity contribution in [2.45, 2.75) is 13.1 Å². The van der Waals surface area contributed by atoms with E-state index in [9.17, 15) is 0 Å². The van der Waals surface area contributed by atoms with Gasteiger partial charge in [-0.05, 0) is 18.5 Å². The number of halogens is 1. The van der Waals surface area contributed by atoms with E-state index < -0.39 is 0 Å². The van der Waals surface area contributed by atoms with Gasteiger partial charge >= 0.3 is 0 Å². The highest BCUT2D eigenvalue weighted by Crippen LogP contribution is 2.22. The van der Waals surface area contributed by atoms with Crippen LogP contribution >= 0.6 is 11.6 Å². The lowest BCUT2D eigenvalue weighted by molar-refractivity contribution is -0.734. The van der Waals surface area contributed by atoms with E-state index in [0.29, 0.717) is 5.28 Å². The molecule has 6 nitrogen and oxygen atoms in total. The standard InChI is InChI=1S/C20H22ClN6/c1-16-15-18(24-20(21)23-16)25-11-13-27(14-12-25)19(17-5-3-2-4-6-17)26-9-7-22-8-10-26/h2-10,15,19H,11-14H2,1H3/q+1. The minimum absolute atomic E-state index is 0.145. The van der Waals surface area contributed by atoms with Crippen molar-refractivity contribution >= 4 is 17.4 Å². The van der Waals surface area contributed by atoms with Gasteiger partial charge in [-0.1, -0.05) is 30.3 Å². The van der Waals surface area contributed by atoms with Gasteiger partial charge in [0.15, 0.2) is 12.4 Å². The highest BCUT2D eigenvalue weighted by Gasteiger charge is 2.31. The predicted octanol–water partition coefficient (Wildman–Crippen LogP) is 2.49. The van der Waals surface area contributed by atoms with Crippen LogP contribution in [0.3, 0.4) is 0 Å². The van der Waals surface area contributed by atoms with Crippen LogP contribution in [0.15, 0.2) is 61.2 Å². The van der Waals surface area contributed by atoms with Crippen LogP contribution in [0.25, 0.3) is 0 Å². The van der Waals surface area contributed by atoms with Gasteiger partial charge < -0.3 is 4.90 Å². The Morgan fingerprint density at radius 1 is 1.00 bits per heavy atom. The van der Waals surface area contributed by atoms with Crippen molar-refractivity contribution in [3.63, 3.8) is 0 Å². The first-order valence-corrected chi connectivity index (χ1v) is 9.44. The van der Waals surface area contributed by atoms with E-state index in [4.69, 9.17) is 11.6 Å². The molecule has 1 saturated heterocycles. The van der Waals surface area contributed by atoms with Gasteiger partial charge in [-0.2, -0.15) is 4.57 Å². The largest absolute Gasteiger partial charge is 0.354 e. The Kier molecular flexibility index (Phi) is 5.27. The Balaban J connectivity index is 1.55. The third-order valence-corrected chi connectivity index (χ3v) is 5.00. The summed E-state index contributed by atoms with van der Waals surface area (Å²) in [5.74, 6) is 0.903. The second kappa shape index (κ2) is 7.98. The lowest BCUT2D eigenvalue weighted by Gasteiger charge is -2.37. The van der Waals surface area contributed by atoms with Crippen LogP contribution < -0.4 is 9.47 Å². The molecule has 0 aliphatic carbocycles. The van der Waals surface area contributed by atoms with Crippen molar-refractivity contribution in [3.8, 4) is 0 Å². The molecule has 0 N–H and O–H groups in total. The maximum absolute atomic E-state index is 6.04. The number of rotatable bonds is 4. The van der Waals surface area contributed by atoms with Gasteiger partial charge in [-0.3, -0.25) is 4.98 Å². The zero-order chi connectivity index (χ0) is 18.6. The van der Waals surface area contributed by atoms with E-state index in [0.717, 1.165) is 37.7 Å². The van der Waals surface area contributed by atoms with Crippen LogP contribution in [-0.4, -0.2) is 46.0 Å². The maximum atomic E-state index is 6.04. The summed E-state index contributed by atoms with van der Waals surface area (Å²) < 4.78 is 2.21. The zero-order valence-corrected chi connectivity index (χ0v) is 16.0. The van der Waals surface area contributed by atoms with Crippen LogP contribution in [0.4, 0.5) is 5.82 Å². The molecule has 1 fully saturated rings. The molecule has 0 saturated carbocycles. The summed E-state index contributed by atoms with van der Waals surface area (Å²) in [6.07, 6.45) is 7.86. The number of hydrogen-bond acceptors (Lipinski definition) is 5. The van der Waals surface area contributed by atoms with Crippen molar-refractivity contribution in [3.05, 3.63) is 77.7 Å². The molecule has 0 radical (unpaired) electrons. The molecule has 7 heteroatoms. The summed E-state index contributed by atoms with van der Waals surface area (Å²) in [6.45, 7) is 5.58. The van der Waals surface area contributed by atoms with Gasteiger partial charge in [0.25, 0.3) is 0 Å². The molecule has 27 heavy (non-hydrogen) atoms. The van der Waals surface area contributed by atoms with E-state index in [1.165, 1.54) is 5.56 Å². The van der Waals surface area contributed by atoms with Crippen LogP contribution in [0.1, 0.15) is 17.4 Å². The summed E-state index contributed by atoms with van der Waals surface area (Å²) in [7, 11) is 0. The molecule has 2 aromatic heterocycles. The van der Waals surface area contributed by atoms with E-state index >= 15 is 0 Å². The minimum Gasteiger partial charge on any atom is -0.354 e. The van der Waals surface area contributed by atoms with Crippen molar-refractivity contribution in [1.29, 1.82) is 0 Å². The summed E-state index contributed by atoms with van der Waals surface area (Å²) in [6, 6.07) is 12.6. The highest BCUT2D eigenvalue weighted by molar-refractivity contribution is 6.28. The highest BCUT2D eigenvalue weighted by atomic mass is 35.5. The maximum Gasteiger partial charge on any atom is 0.240 e. The second-order valence-electron chi connectivity index (χ2n) is 6.64. The van der Waals surface area contributed by atoms with Gasteiger partial charge in [0, 0.05) is 43.5 Å². The molecule has 0 bridgehead atoms. The van der Waals surface area contributed by atoms with Crippen molar-refractivity contribution in [2.75, 3.05) is 31.1 Å². The smallest absolute Gasteiger partial charge is 0.240 e. The van der Waals surface area contributed by atoms with Gasteiger partial charge in [0.1, 0.15) is 5.82 Å². The third-order valence-electron chi connectivity index (χ3n) is 4.83. The molecule has 1 unspecified atom stereocenters. The fourth-order valence-electron chi connectivity index (χ4n) is 3.56. The molecule has 4 rings (SSSR count). The fraction of sp³-hybridized carbons (Fsp3) is 0.300. The van der Waals surface area contributed by atoms with Gasteiger partial charge in [-0.25, -0.2) is 14.9 Å². The number of benzene rings is 1.